The van der Waals surface area contributed by atoms with Crippen molar-refractivity contribution >= 4 is 17.6 Å². The fraction of sp³-hybridized carbons (Fsp3) is 0.467. The first-order valence-corrected chi connectivity index (χ1v) is 6.97. The fourth-order valence-electron chi connectivity index (χ4n) is 1.86. The molecule has 0 heterocycles. The number of carboxylic acid groups (broad SMARTS) is 1. The molecule has 1 unspecified atom stereocenters. The number of carbonyl (C=O) groups excluding carboxylic acids is 1. The van der Waals surface area contributed by atoms with Crippen LogP contribution >= 0.6 is 0 Å². The lowest BCUT2D eigenvalue weighted by atomic mass is 10.1. The van der Waals surface area contributed by atoms with Gasteiger partial charge in [0, 0.05) is 18.7 Å². The van der Waals surface area contributed by atoms with Gasteiger partial charge in [0.2, 0.25) is 5.91 Å². The molecule has 1 atom stereocenters. The van der Waals surface area contributed by atoms with Crippen molar-refractivity contribution in [2.24, 2.45) is 0 Å². The van der Waals surface area contributed by atoms with Crippen LogP contribution in [0.1, 0.15) is 26.2 Å². The first-order chi connectivity index (χ1) is 10.1. The van der Waals surface area contributed by atoms with Gasteiger partial charge in [-0.15, -0.1) is 0 Å². The molecule has 21 heavy (non-hydrogen) atoms. The average Bonchev–Trinajstić information content (AvgIpc) is 2.47. The Hall–Kier alpha value is -2.08. The Bertz CT molecular complexity index is 459. The van der Waals surface area contributed by atoms with E-state index in [0.717, 1.165) is 12.2 Å². The van der Waals surface area contributed by atoms with E-state index in [1.807, 2.05) is 6.92 Å². The van der Waals surface area contributed by atoms with E-state index >= 15 is 0 Å². The average molecular weight is 294 g/mol. The number of aliphatic carboxylic acids is 1. The lowest BCUT2D eigenvalue weighted by molar-refractivity contribution is -0.139. The molecule has 1 aromatic rings. The molecule has 0 radical (unpaired) electrons. The van der Waals surface area contributed by atoms with Gasteiger partial charge in [-0.1, -0.05) is 13.3 Å². The molecule has 0 aliphatic heterocycles. The molecule has 0 fully saturated rings. The molecule has 6 heteroatoms. The maximum Gasteiger partial charge on any atom is 0.320 e. The highest BCUT2D eigenvalue weighted by molar-refractivity contribution is 5.90. The van der Waals surface area contributed by atoms with Crippen LogP contribution in [0, 0.1) is 0 Å². The van der Waals surface area contributed by atoms with E-state index < -0.39 is 12.0 Å². The van der Waals surface area contributed by atoms with Gasteiger partial charge in [0.05, 0.1) is 7.11 Å². The molecule has 0 aromatic heterocycles. The molecule has 0 aliphatic carbocycles. The number of hydrogen-bond donors (Lipinski definition) is 3. The summed E-state index contributed by atoms with van der Waals surface area (Å²) in [5.41, 5.74) is 0.684. The van der Waals surface area contributed by atoms with Crippen molar-refractivity contribution in [1.29, 1.82) is 0 Å². The summed E-state index contributed by atoms with van der Waals surface area (Å²) in [7, 11) is 1.58. The minimum Gasteiger partial charge on any atom is -0.497 e. The minimum atomic E-state index is -0.882. The molecule has 0 spiro atoms. The minimum absolute atomic E-state index is 0.159. The SMILES string of the molecule is CCCC(NCCC(=O)Nc1ccc(OC)cc1)C(=O)O. The molecular weight excluding hydrogens is 272 g/mol. The van der Waals surface area contributed by atoms with Crippen molar-refractivity contribution in [3.63, 3.8) is 0 Å². The summed E-state index contributed by atoms with van der Waals surface area (Å²) in [4.78, 5) is 22.7. The molecule has 1 amide bonds. The third-order valence-corrected chi connectivity index (χ3v) is 2.99. The van der Waals surface area contributed by atoms with E-state index in [-0.39, 0.29) is 12.3 Å². The number of hydrogen-bond acceptors (Lipinski definition) is 4. The van der Waals surface area contributed by atoms with Crippen LogP contribution in [0.2, 0.25) is 0 Å². The van der Waals surface area contributed by atoms with Crippen molar-refractivity contribution in [2.75, 3.05) is 19.0 Å². The van der Waals surface area contributed by atoms with Crippen LogP contribution in [0.15, 0.2) is 24.3 Å². The predicted molar refractivity (Wildman–Crippen MR) is 80.6 cm³/mol. The predicted octanol–water partition coefficient (Wildman–Crippen LogP) is 1.87. The summed E-state index contributed by atoms with van der Waals surface area (Å²) >= 11 is 0. The number of carbonyl (C=O) groups is 2. The zero-order chi connectivity index (χ0) is 15.7. The molecule has 1 aromatic carbocycles. The molecular formula is C15H22N2O4. The zero-order valence-corrected chi connectivity index (χ0v) is 12.4. The second-order valence-electron chi connectivity index (χ2n) is 4.66. The fourth-order valence-corrected chi connectivity index (χ4v) is 1.86. The molecule has 0 saturated heterocycles. The molecule has 6 nitrogen and oxygen atoms in total. The lowest BCUT2D eigenvalue weighted by Crippen LogP contribution is -2.38. The summed E-state index contributed by atoms with van der Waals surface area (Å²) in [6.45, 7) is 2.26. The van der Waals surface area contributed by atoms with Crippen LogP contribution in [-0.4, -0.2) is 36.7 Å². The highest BCUT2D eigenvalue weighted by Crippen LogP contribution is 2.14. The maximum absolute atomic E-state index is 11.7. The van der Waals surface area contributed by atoms with E-state index in [1.54, 1.807) is 31.4 Å². The normalized spacial score (nSPS) is 11.7. The number of rotatable bonds is 9. The Morgan fingerprint density at radius 1 is 1.29 bits per heavy atom. The topological polar surface area (TPSA) is 87.7 Å². The number of methoxy groups -OCH3 is 1. The van der Waals surface area contributed by atoms with Crippen molar-refractivity contribution < 1.29 is 19.4 Å². The van der Waals surface area contributed by atoms with E-state index in [2.05, 4.69) is 10.6 Å². The summed E-state index contributed by atoms with van der Waals surface area (Å²) in [6, 6.07) is 6.43. The van der Waals surface area contributed by atoms with Gasteiger partial charge in [-0.3, -0.25) is 9.59 Å². The monoisotopic (exact) mass is 294 g/mol. The summed E-state index contributed by atoms with van der Waals surface area (Å²) in [5, 5.41) is 14.6. The maximum atomic E-state index is 11.7. The van der Waals surface area contributed by atoms with Crippen molar-refractivity contribution in [3.8, 4) is 5.75 Å². The number of ether oxygens (including phenoxy) is 1. The van der Waals surface area contributed by atoms with Crippen molar-refractivity contribution in [2.45, 2.75) is 32.2 Å². The Kier molecular flexibility index (Phi) is 7.25. The van der Waals surface area contributed by atoms with Crippen molar-refractivity contribution in [3.05, 3.63) is 24.3 Å². The van der Waals surface area contributed by atoms with Gasteiger partial charge in [0.25, 0.3) is 0 Å². The van der Waals surface area contributed by atoms with Crippen LogP contribution < -0.4 is 15.4 Å². The van der Waals surface area contributed by atoms with Crippen molar-refractivity contribution in [1.82, 2.24) is 5.32 Å². The van der Waals surface area contributed by atoms with E-state index in [0.29, 0.717) is 18.7 Å². The smallest absolute Gasteiger partial charge is 0.320 e. The van der Waals surface area contributed by atoms with Crippen LogP contribution in [0.3, 0.4) is 0 Å². The van der Waals surface area contributed by atoms with Crippen LogP contribution in [-0.2, 0) is 9.59 Å². The Morgan fingerprint density at radius 2 is 1.95 bits per heavy atom. The third kappa shape index (κ3) is 6.27. The van der Waals surface area contributed by atoms with Crippen LogP contribution in [0.5, 0.6) is 5.75 Å². The summed E-state index contributed by atoms with van der Waals surface area (Å²) in [6.07, 6.45) is 1.55. The Morgan fingerprint density at radius 3 is 2.48 bits per heavy atom. The van der Waals surface area contributed by atoms with Gasteiger partial charge < -0.3 is 20.5 Å². The molecule has 0 aliphatic rings. The van der Waals surface area contributed by atoms with Gasteiger partial charge in [-0.05, 0) is 30.7 Å². The number of carboxylic acids is 1. The summed E-state index contributed by atoms with van der Waals surface area (Å²) < 4.78 is 5.03. The third-order valence-electron chi connectivity index (χ3n) is 2.99. The van der Waals surface area contributed by atoms with E-state index in [4.69, 9.17) is 9.84 Å². The molecule has 3 N–H and O–H groups in total. The van der Waals surface area contributed by atoms with Gasteiger partial charge in [0.15, 0.2) is 0 Å². The molecule has 0 saturated carbocycles. The standard InChI is InChI=1S/C15H22N2O4/c1-3-4-13(15(19)20)16-10-9-14(18)17-11-5-7-12(21-2)8-6-11/h5-8,13,16H,3-4,9-10H2,1-2H3,(H,17,18)(H,19,20). The van der Waals surface area contributed by atoms with E-state index in [9.17, 15) is 9.59 Å². The second kappa shape index (κ2) is 8.97. The first kappa shape index (κ1) is 17.0. The number of amides is 1. The van der Waals surface area contributed by atoms with E-state index in [1.165, 1.54) is 0 Å². The number of nitrogens with one attached hydrogen (secondary N) is 2. The van der Waals surface area contributed by atoms with Crippen LogP contribution in [0.25, 0.3) is 0 Å². The molecule has 0 bridgehead atoms. The van der Waals surface area contributed by atoms with Gasteiger partial charge in [0.1, 0.15) is 11.8 Å². The number of anilines is 1. The van der Waals surface area contributed by atoms with Gasteiger partial charge in [-0.2, -0.15) is 0 Å². The Labute approximate surface area is 124 Å². The Balaban J connectivity index is 2.34. The summed E-state index contributed by atoms with van der Waals surface area (Å²) in [5.74, 6) is -0.320. The molecule has 1 rings (SSSR count). The van der Waals surface area contributed by atoms with Crippen LogP contribution in [0.4, 0.5) is 5.69 Å². The largest absolute Gasteiger partial charge is 0.497 e. The molecule has 116 valence electrons. The number of benzene rings is 1. The quantitative estimate of drug-likeness (QED) is 0.647. The first-order valence-electron chi connectivity index (χ1n) is 6.97. The van der Waals surface area contributed by atoms with Gasteiger partial charge >= 0.3 is 5.97 Å². The highest BCUT2D eigenvalue weighted by Gasteiger charge is 2.15. The highest BCUT2D eigenvalue weighted by atomic mass is 16.5. The zero-order valence-electron chi connectivity index (χ0n) is 12.4. The van der Waals surface area contributed by atoms with Gasteiger partial charge in [-0.25, -0.2) is 0 Å². The lowest BCUT2D eigenvalue weighted by Gasteiger charge is -2.13. The second-order valence-corrected chi connectivity index (χ2v) is 4.66.